The van der Waals surface area contributed by atoms with Crippen LogP contribution in [0.4, 0.5) is 9.52 Å². The highest BCUT2D eigenvalue weighted by Crippen LogP contribution is 2.22. The Bertz CT molecular complexity index is 457. The standard InChI is InChI=1S/C10H10FN3OS/c1-12-9-13-14-10(16-9)15-6-7-2-4-8(11)5-3-7/h2-5H,6H2,1H3,(H,12,13). The number of ether oxygens (including phenoxy) is 1. The third-order valence-electron chi connectivity index (χ3n) is 1.90. The molecule has 0 bridgehead atoms. The van der Waals surface area contributed by atoms with Gasteiger partial charge in [-0.3, -0.25) is 0 Å². The first-order valence-electron chi connectivity index (χ1n) is 4.66. The summed E-state index contributed by atoms with van der Waals surface area (Å²) in [4.78, 5) is 0. The molecule has 0 amide bonds. The van der Waals surface area contributed by atoms with Crippen LogP contribution in [0.2, 0.25) is 0 Å². The molecule has 0 radical (unpaired) electrons. The molecular formula is C10H10FN3OS. The number of halogens is 1. The van der Waals surface area contributed by atoms with Crippen molar-refractivity contribution in [2.45, 2.75) is 6.61 Å². The lowest BCUT2D eigenvalue weighted by molar-refractivity contribution is 0.302. The van der Waals surface area contributed by atoms with Crippen molar-refractivity contribution in [2.75, 3.05) is 12.4 Å². The second-order valence-electron chi connectivity index (χ2n) is 3.04. The first-order chi connectivity index (χ1) is 7.78. The van der Waals surface area contributed by atoms with Gasteiger partial charge in [-0.25, -0.2) is 4.39 Å². The Morgan fingerprint density at radius 2 is 2.06 bits per heavy atom. The molecule has 0 saturated carbocycles. The molecule has 1 N–H and O–H groups in total. The van der Waals surface area contributed by atoms with Gasteiger partial charge >= 0.3 is 0 Å². The highest BCUT2D eigenvalue weighted by atomic mass is 32.1. The Kier molecular flexibility index (Phi) is 3.31. The Morgan fingerprint density at radius 3 is 2.69 bits per heavy atom. The van der Waals surface area contributed by atoms with E-state index in [1.54, 1.807) is 19.2 Å². The van der Waals surface area contributed by atoms with Gasteiger partial charge in [-0.15, -0.1) is 5.10 Å². The second-order valence-corrected chi connectivity index (χ2v) is 3.98. The molecule has 0 aliphatic rings. The zero-order chi connectivity index (χ0) is 11.4. The highest BCUT2D eigenvalue weighted by Gasteiger charge is 2.03. The molecule has 16 heavy (non-hydrogen) atoms. The summed E-state index contributed by atoms with van der Waals surface area (Å²) < 4.78 is 18.0. The molecule has 6 heteroatoms. The first kappa shape index (κ1) is 10.8. The minimum Gasteiger partial charge on any atom is -0.464 e. The average molecular weight is 239 g/mol. The summed E-state index contributed by atoms with van der Waals surface area (Å²) in [6, 6.07) is 6.15. The van der Waals surface area contributed by atoms with Crippen LogP contribution in [0, 0.1) is 5.82 Å². The topological polar surface area (TPSA) is 47.0 Å². The first-order valence-corrected chi connectivity index (χ1v) is 5.48. The van der Waals surface area contributed by atoms with Gasteiger partial charge in [0.2, 0.25) is 5.13 Å². The summed E-state index contributed by atoms with van der Waals surface area (Å²) in [6.45, 7) is 0.360. The number of nitrogens with zero attached hydrogens (tertiary/aromatic N) is 2. The zero-order valence-corrected chi connectivity index (χ0v) is 9.42. The molecule has 4 nitrogen and oxygen atoms in total. The summed E-state index contributed by atoms with van der Waals surface area (Å²) in [7, 11) is 1.77. The SMILES string of the molecule is CNc1nnc(OCc2ccc(F)cc2)s1. The van der Waals surface area contributed by atoms with Crippen molar-refractivity contribution in [3.63, 3.8) is 0 Å². The minimum absolute atomic E-state index is 0.253. The van der Waals surface area contributed by atoms with Crippen LogP contribution >= 0.6 is 11.3 Å². The quantitative estimate of drug-likeness (QED) is 0.889. The molecule has 0 unspecified atom stereocenters. The summed E-state index contributed by atoms with van der Waals surface area (Å²) in [6.07, 6.45) is 0. The Hall–Kier alpha value is -1.69. The minimum atomic E-state index is -0.253. The van der Waals surface area contributed by atoms with Crippen LogP contribution in [0.5, 0.6) is 5.19 Å². The Balaban J connectivity index is 1.94. The van der Waals surface area contributed by atoms with E-state index in [-0.39, 0.29) is 5.82 Å². The number of anilines is 1. The van der Waals surface area contributed by atoms with Crippen LogP contribution in [0.15, 0.2) is 24.3 Å². The largest absolute Gasteiger partial charge is 0.464 e. The van der Waals surface area contributed by atoms with Crippen LogP contribution in [-0.4, -0.2) is 17.2 Å². The molecule has 0 spiro atoms. The lowest BCUT2D eigenvalue weighted by Gasteiger charge is -2.01. The summed E-state index contributed by atoms with van der Waals surface area (Å²) in [5, 5.41) is 11.7. The van der Waals surface area contributed by atoms with Crippen LogP contribution in [0.25, 0.3) is 0 Å². The molecular weight excluding hydrogens is 229 g/mol. The third-order valence-corrected chi connectivity index (χ3v) is 2.75. The maximum atomic E-state index is 12.6. The summed E-state index contributed by atoms with van der Waals surface area (Å²) in [5.41, 5.74) is 0.891. The fourth-order valence-electron chi connectivity index (χ4n) is 1.09. The summed E-state index contributed by atoms with van der Waals surface area (Å²) >= 11 is 1.33. The predicted molar refractivity (Wildman–Crippen MR) is 60.2 cm³/mol. The van der Waals surface area contributed by atoms with Crippen molar-refractivity contribution < 1.29 is 9.13 Å². The van der Waals surface area contributed by atoms with Crippen molar-refractivity contribution >= 4 is 16.5 Å². The van der Waals surface area contributed by atoms with Gasteiger partial charge in [0.05, 0.1) is 0 Å². The van der Waals surface area contributed by atoms with Crippen molar-refractivity contribution in [1.29, 1.82) is 0 Å². The molecule has 84 valence electrons. The predicted octanol–water partition coefficient (Wildman–Crippen LogP) is 2.30. The molecule has 2 rings (SSSR count). The smallest absolute Gasteiger partial charge is 0.296 e. The molecule has 0 aliphatic heterocycles. The van der Waals surface area contributed by atoms with Crippen molar-refractivity contribution in [1.82, 2.24) is 10.2 Å². The number of hydrogen-bond donors (Lipinski definition) is 1. The van der Waals surface area contributed by atoms with Crippen LogP contribution in [0.3, 0.4) is 0 Å². The van der Waals surface area contributed by atoms with Crippen LogP contribution < -0.4 is 10.1 Å². The van der Waals surface area contributed by atoms with Crippen molar-refractivity contribution in [2.24, 2.45) is 0 Å². The van der Waals surface area contributed by atoms with Crippen molar-refractivity contribution in [3.05, 3.63) is 35.6 Å². The van der Waals surface area contributed by atoms with E-state index >= 15 is 0 Å². The molecule has 0 atom stereocenters. The Labute approximate surface area is 96.1 Å². The monoisotopic (exact) mass is 239 g/mol. The molecule has 1 aromatic carbocycles. The zero-order valence-electron chi connectivity index (χ0n) is 8.61. The van der Waals surface area contributed by atoms with E-state index in [9.17, 15) is 4.39 Å². The number of benzene rings is 1. The van der Waals surface area contributed by atoms with E-state index in [0.29, 0.717) is 16.9 Å². The van der Waals surface area contributed by atoms with E-state index in [0.717, 1.165) is 5.56 Å². The molecule has 0 fully saturated rings. The van der Waals surface area contributed by atoms with Gasteiger partial charge in [-0.05, 0) is 29.0 Å². The van der Waals surface area contributed by atoms with Gasteiger partial charge < -0.3 is 10.1 Å². The molecule has 2 aromatic rings. The lowest BCUT2D eigenvalue weighted by atomic mass is 10.2. The fourth-order valence-corrected chi connectivity index (χ4v) is 1.64. The molecule has 0 aliphatic carbocycles. The van der Waals surface area contributed by atoms with E-state index in [1.165, 1.54) is 23.5 Å². The fraction of sp³-hybridized carbons (Fsp3) is 0.200. The molecule has 1 aromatic heterocycles. The molecule has 0 saturated heterocycles. The lowest BCUT2D eigenvalue weighted by Crippen LogP contribution is -1.94. The highest BCUT2D eigenvalue weighted by molar-refractivity contribution is 7.16. The van der Waals surface area contributed by atoms with Crippen LogP contribution in [0.1, 0.15) is 5.56 Å². The second kappa shape index (κ2) is 4.89. The number of rotatable bonds is 4. The van der Waals surface area contributed by atoms with E-state index < -0.39 is 0 Å². The normalized spacial score (nSPS) is 10.1. The number of nitrogens with one attached hydrogen (secondary N) is 1. The van der Waals surface area contributed by atoms with Gasteiger partial charge in [0.1, 0.15) is 12.4 Å². The van der Waals surface area contributed by atoms with Crippen LogP contribution in [-0.2, 0) is 6.61 Å². The van der Waals surface area contributed by atoms with E-state index in [4.69, 9.17) is 4.74 Å². The number of hydrogen-bond acceptors (Lipinski definition) is 5. The van der Waals surface area contributed by atoms with Gasteiger partial charge in [0.15, 0.2) is 0 Å². The third kappa shape index (κ3) is 2.66. The average Bonchev–Trinajstić information content (AvgIpc) is 2.76. The van der Waals surface area contributed by atoms with Gasteiger partial charge in [-0.2, -0.15) is 0 Å². The van der Waals surface area contributed by atoms with Gasteiger partial charge in [-0.1, -0.05) is 17.2 Å². The van der Waals surface area contributed by atoms with Gasteiger partial charge in [0, 0.05) is 7.05 Å². The summed E-state index contributed by atoms with van der Waals surface area (Å²) in [5.74, 6) is -0.253. The van der Waals surface area contributed by atoms with E-state index in [1.807, 2.05) is 0 Å². The maximum Gasteiger partial charge on any atom is 0.296 e. The van der Waals surface area contributed by atoms with Crippen molar-refractivity contribution in [3.8, 4) is 5.19 Å². The number of aromatic nitrogens is 2. The van der Waals surface area contributed by atoms with Gasteiger partial charge in [0.25, 0.3) is 5.19 Å². The maximum absolute atomic E-state index is 12.6. The van der Waals surface area contributed by atoms with E-state index in [2.05, 4.69) is 15.5 Å². The molecule has 1 heterocycles. The Morgan fingerprint density at radius 1 is 1.31 bits per heavy atom.